The number of anilines is 1. The Bertz CT molecular complexity index is 596. The highest BCUT2D eigenvalue weighted by molar-refractivity contribution is 9.10. The number of benzene rings is 1. The molecule has 0 aliphatic heterocycles. The van der Waals surface area contributed by atoms with Crippen LogP contribution >= 0.6 is 31.9 Å². The summed E-state index contributed by atoms with van der Waals surface area (Å²) in [5, 5.41) is 0. The van der Waals surface area contributed by atoms with Crippen LogP contribution in [-0.4, -0.2) is 9.97 Å². The molecule has 2 rings (SSSR count). The zero-order valence-electron chi connectivity index (χ0n) is 10.4. The van der Waals surface area contributed by atoms with E-state index in [0.717, 1.165) is 15.6 Å². The van der Waals surface area contributed by atoms with Crippen molar-refractivity contribution >= 4 is 37.8 Å². The van der Waals surface area contributed by atoms with Crippen LogP contribution in [0.5, 0.6) is 11.6 Å². The molecule has 19 heavy (non-hydrogen) atoms. The van der Waals surface area contributed by atoms with Gasteiger partial charge in [-0.1, -0.05) is 15.9 Å². The predicted molar refractivity (Wildman–Crippen MR) is 81.2 cm³/mol. The molecule has 0 saturated heterocycles. The molecular formula is C12H12Br2N4O. The molecule has 0 aliphatic rings. The molecule has 2 aromatic rings. The van der Waals surface area contributed by atoms with Gasteiger partial charge in [-0.15, -0.1) is 0 Å². The van der Waals surface area contributed by atoms with Gasteiger partial charge in [0.25, 0.3) is 0 Å². The minimum absolute atomic E-state index is 0.295. The SMILES string of the molecule is Cc1cc(Oc2nc(NN)ncc2Br)cc(C)c1Br. The largest absolute Gasteiger partial charge is 0.438 e. The van der Waals surface area contributed by atoms with Gasteiger partial charge in [0, 0.05) is 4.47 Å². The Hall–Kier alpha value is -1.18. The van der Waals surface area contributed by atoms with Crippen molar-refractivity contribution < 1.29 is 4.74 Å². The molecule has 0 aliphatic carbocycles. The summed E-state index contributed by atoms with van der Waals surface area (Å²) >= 11 is 6.86. The van der Waals surface area contributed by atoms with Crippen molar-refractivity contribution in [2.24, 2.45) is 5.84 Å². The van der Waals surface area contributed by atoms with E-state index in [4.69, 9.17) is 10.6 Å². The van der Waals surface area contributed by atoms with Crippen LogP contribution in [0.25, 0.3) is 0 Å². The lowest BCUT2D eigenvalue weighted by Crippen LogP contribution is -2.10. The first-order valence-electron chi connectivity index (χ1n) is 5.45. The van der Waals surface area contributed by atoms with Crippen LogP contribution in [0.1, 0.15) is 11.1 Å². The molecular weight excluding hydrogens is 376 g/mol. The van der Waals surface area contributed by atoms with E-state index in [1.807, 2.05) is 26.0 Å². The van der Waals surface area contributed by atoms with Gasteiger partial charge in [0.05, 0.1) is 10.7 Å². The van der Waals surface area contributed by atoms with Crippen LogP contribution in [-0.2, 0) is 0 Å². The molecule has 0 spiro atoms. The number of nitrogens with zero attached hydrogens (tertiary/aromatic N) is 2. The van der Waals surface area contributed by atoms with E-state index in [1.54, 1.807) is 6.20 Å². The standard InChI is InChI=1S/C12H12Br2N4O/c1-6-3-8(4-7(2)10(6)14)19-11-9(13)5-16-12(17-11)18-15/h3-5H,15H2,1-2H3,(H,16,17,18). The van der Waals surface area contributed by atoms with Crippen LogP contribution in [0.4, 0.5) is 5.95 Å². The average molecular weight is 388 g/mol. The Kier molecular flexibility index (Phi) is 4.38. The fourth-order valence-electron chi connectivity index (χ4n) is 1.57. The first-order valence-corrected chi connectivity index (χ1v) is 7.03. The van der Waals surface area contributed by atoms with Gasteiger partial charge in [-0.05, 0) is 53.0 Å². The summed E-state index contributed by atoms with van der Waals surface area (Å²) in [5.74, 6) is 6.69. The molecule has 0 unspecified atom stereocenters. The van der Waals surface area contributed by atoms with Crippen LogP contribution in [0.3, 0.4) is 0 Å². The third-order valence-corrected chi connectivity index (χ3v) is 4.26. The van der Waals surface area contributed by atoms with Gasteiger partial charge in [-0.25, -0.2) is 10.8 Å². The van der Waals surface area contributed by atoms with Gasteiger partial charge in [-0.2, -0.15) is 4.98 Å². The minimum Gasteiger partial charge on any atom is -0.438 e. The molecule has 1 heterocycles. The van der Waals surface area contributed by atoms with Crippen LogP contribution < -0.4 is 16.0 Å². The average Bonchev–Trinajstić information content (AvgIpc) is 2.38. The van der Waals surface area contributed by atoms with Gasteiger partial charge < -0.3 is 4.74 Å². The van der Waals surface area contributed by atoms with Crippen molar-refractivity contribution in [3.63, 3.8) is 0 Å². The van der Waals surface area contributed by atoms with E-state index in [2.05, 4.69) is 47.3 Å². The van der Waals surface area contributed by atoms with Gasteiger partial charge in [0.2, 0.25) is 11.8 Å². The molecule has 0 atom stereocenters. The van der Waals surface area contributed by atoms with Gasteiger partial charge >= 0.3 is 0 Å². The fourth-order valence-corrected chi connectivity index (χ4v) is 2.07. The van der Waals surface area contributed by atoms with Crippen LogP contribution in [0.15, 0.2) is 27.3 Å². The summed E-state index contributed by atoms with van der Waals surface area (Å²) in [6, 6.07) is 3.86. The number of aryl methyl sites for hydroxylation is 2. The first-order chi connectivity index (χ1) is 9.01. The van der Waals surface area contributed by atoms with Crippen molar-refractivity contribution in [3.05, 3.63) is 38.4 Å². The number of halogens is 2. The van der Waals surface area contributed by atoms with Crippen LogP contribution in [0.2, 0.25) is 0 Å². The van der Waals surface area contributed by atoms with Crippen molar-refractivity contribution in [1.29, 1.82) is 0 Å². The third kappa shape index (κ3) is 3.23. The summed E-state index contributed by atoms with van der Waals surface area (Å²) in [7, 11) is 0. The van der Waals surface area contributed by atoms with E-state index in [1.165, 1.54) is 0 Å². The smallest absolute Gasteiger partial charge is 0.240 e. The molecule has 7 heteroatoms. The lowest BCUT2D eigenvalue weighted by molar-refractivity contribution is 0.458. The highest BCUT2D eigenvalue weighted by Crippen LogP contribution is 2.31. The molecule has 1 aromatic carbocycles. The van der Waals surface area contributed by atoms with Crippen molar-refractivity contribution in [1.82, 2.24) is 9.97 Å². The van der Waals surface area contributed by atoms with Crippen molar-refractivity contribution in [2.45, 2.75) is 13.8 Å². The number of ether oxygens (including phenoxy) is 1. The van der Waals surface area contributed by atoms with E-state index < -0.39 is 0 Å². The summed E-state index contributed by atoms with van der Waals surface area (Å²) in [6.07, 6.45) is 1.58. The van der Waals surface area contributed by atoms with E-state index >= 15 is 0 Å². The van der Waals surface area contributed by atoms with E-state index in [0.29, 0.717) is 22.1 Å². The Morgan fingerprint density at radius 3 is 2.42 bits per heavy atom. The molecule has 1 aromatic heterocycles. The predicted octanol–water partition coefficient (Wildman–Crippen LogP) is 3.70. The summed E-state index contributed by atoms with van der Waals surface area (Å²) < 4.78 is 7.49. The number of nitrogen functional groups attached to an aromatic ring is 1. The van der Waals surface area contributed by atoms with Crippen molar-refractivity contribution in [2.75, 3.05) is 5.43 Å². The van der Waals surface area contributed by atoms with E-state index in [9.17, 15) is 0 Å². The molecule has 0 fully saturated rings. The number of nitrogens with one attached hydrogen (secondary N) is 1. The van der Waals surface area contributed by atoms with Crippen LogP contribution in [0, 0.1) is 13.8 Å². The maximum absolute atomic E-state index is 5.75. The van der Waals surface area contributed by atoms with Crippen molar-refractivity contribution in [3.8, 4) is 11.6 Å². The molecule has 5 nitrogen and oxygen atoms in total. The zero-order valence-corrected chi connectivity index (χ0v) is 13.5. The Labute approximate surface area is 127 Å². The number of hydrogen-bond acceptors (Lipinski definition) is 5. The van der Waals surface area contributed by atoms with Gasteiger partial charge in [-0.3, -0.25) is 5.43 Å². The number of hydrazine groups is 1. The Morgan fingerprint density at radius 1 is 1.21 bits per heavy atom. The van der Waals surface area contributed by atoms with Gasteiger partial charge in [0.15, 0.2) is 0 Å². The second-order valence-electron chi connectivity index (χ2n) is 3.96. The molecule has 0 amide bonds. The Morgan fingerprint density at radius 2 is 1.84 bits per heavy atom. The number of aromatic nitrogens is 2. The lowest BCUT2D eigenvalue weighted by atomic mass is 10.1. The number of rotatable bonds is 3. The van der Waals surface area contributed by atoms with E-state index in [-0.39, 0.29) is 0 Å². The highest BCUT2D eigenvalue weighted by Gasteiger charge is 2.09. The molecule has 0 saturated carbocycles. The second kappa shape index (κ2) is 5.85. The number of hydrogen-bond donors (Lipinski definition) is 2. The lowest BCUT2D eigenvalue weighted by Gasteiger charge is -2.10. The maximum Gasteiger partial charge on any atom is 0.240 e. The van der Waals surface area contributed by atoms with Gasteiger partial charge in [0.1, 0.15) is 5.75 Å². The second-order valence-corrected chi connectivity index (χ2v) is 5.61. The molecule has 0 radical (unpaired) electrons. The fraction of sp³-hybridized carbons (Fsp3) is 0.167. The summed E-state index contributed by atoms with van der Waals surface area (Å²) in [4.78, 5) is 8.11. The highest BCUT2D eigenvalue weighted by atomic mass is 79.9. The minimum atomic E-state index is 0.295. The number of nitrogens with two attached hydrogens (primary N) is 1. The topological polar surface area (TPSA) is 73.1 Å². The zero-order chi connectivity index (χ0) is 14.0. The summed E-state index contributed by atoms with van der Waals surface area (Å²) in [6.45, 7) is 4.01. The molecule has 3 N–H and O–H groups in total. The molecule has 100 valence electrons. The first kappa shape index (κ1) is 14.2. The monoisotopic (exact) mass is 386 g/mol. The quantitative estimate of drug-likeness (QED) is 0.620. The molecule has 0 bridgehead atoms. The third-order valence-electron chi connectivity index (χ3n) is 2.47. The normalized spacial score (nSPS) is 10.4. The summed E-state index contributed by atoms with van der Waals surface area (Å²) in [5.41, 5.74) is 4.57. The Balaban J connectivity index is 2.36. The maximum atomic E-state index is 5.75.